The highest BCUT2D eigenvalue weighted by atomic mass is 16.5. The van der Waals surface area contributed by atoms with E-state index < -0.39 is 6.09 Å². The Bertz CT molecular complexity index is 756. The molecule has 0 fully saturated rings. The molecule has 128 valence electrons. The van der Waals surface area contributed by atoms with Gasteiger partial charge in [0.1, 0.15) is 23.9 Å². The summed E-state index contributed by atoms with van der Waals surface area (Å²) < 4.78 is 13.1. The molecule has 0 aliphatic carbocycles. The molecule has 24 heavy (non-hydrogen) atoms. The normalized spacial score (nSPS) is 10.1. The molecule has 0 aliphatic rings. The van der Waals surface area contributed by atoms with Crippen molar-refractivity contribution in [1.29, 1.82) is 0 Å². The first-order valence-corrected chi connectivity index (χ1v) is 6.99. The van der Waals surface area contributed by atoms with Crippen LogP contribution in [0.15, 0.2) is 30.9 Å². The fraction of sp³-hybridized carbons (Fsp3) is 0.267. The molecule has 1 heterocycles. The summed E-state index contributed by atoms with van der Waals surface area (Å²) in [7, 11) is 4.47. The molecule has 0 saturated heterocycles. The van der Waals surface area contributed by atoms with Gasteiger partial charge in [-0.05, 0) is 0 Å². The van der Waals surface area contributed by atoms with Gasteiger partial charge in [-0.15, -0.1) is 0 Å². The zero-order valence-electron chi connectivity index (χ0n) is 13.6. The standard InChI is InChI=1S/C15H18N4O5/c1-18-4-5-19(9-18)8-14(21)16-10-7-13(23-2)11(6-12(10)20)17-15(22)24-3/h4-7,9H,8H2,1-3H3,(H2-,16,17,20,21,22)/p+1. The van der Waals surface area contributed by atoms with E-state index in [1.165, 1.54) is 26.4 Å². The maximum Gasteiger partial charge on any atom is 0.411 e. The van der Waals surface area contributed by atoms with Crippen LogP contribution in [0.2, 0.25) is 0 Å². The Morgan fingerprint density at radius 2 is 2.00 bits per heavy atom. The topological polar surface area (TPSA) is 106 Å². The van der Waals surface area contributed by atoms with Crippen LogP contribution >= 0.6 is 0 Å². The Hall–Kier alpha value is -3.23. The van der Waals surface area contributed by atoms with Crippen LogP contribution in [-0.2, 0) is 23.1 Å². The lowest BCUT2D eigenvalue weighted by Gasteiger charge is -2.13. The van der Waals surface area contributed by atoms with Crippen molar-refractivity contribution in [3.8, 4) is 11.5 Å². The van der Waals surface area contributed by atoms with Crippen molar-refractivity contribution >= 4 is 23.4 Å². The molecule has 2 rings (SSSR count). The largest absolute Gasteiger partial charge is 0.506 e. The zero-order valence-corrected chi connectivity index (χ0v) is 13.6. The first-order valence-electron chi connectivity index (χ1n) is 6.99. The van der Waals surface area contributed by atoms with Gasteiger partial charge in [0, 0.05) is 12.1 Å². The van der Waals surface area contributed by atoms with Crippen LogP contribution in [0.1, 0.15) is 0 Å². The summed E-state index contributed by atoms with van der Waals surface area (Å²) >= 11 is 0. The maximum absolute atomic E-state index is 12.1. The third kappa shape index (κ3) is 4.15. The molecule has 3 N–H and O–H groups in total. The molecule has 0 bridgehead atoms. The molecule has 9 nitrogen and oxygen atoms in total. The number of amides is 2. The molecule has 1 aromatic heterocycles. The SMILES string of the molecule is COC(=O)Nc1cc(O)c(NC(=O)Cn2cc[n+](C)c2)cc1OC. The van der Waals surface area contributed by atoms with Crippen molar-refractivity contribution in [2.45, 2.75) is 6.54 Å². The summed E-state index contributed by atoms with van der Waals surface area (Å²) in [6.07, 6.45) is 4.61. The van der Waals surface area contributed by atoms with E-state index in [2.05, 4.69) is 15.4 Å². The molecule has 0 atom stereocenters. The predicted octanol–water partition coefficient (Wildman–Crippen LogP) is 0.844. The number of nitrogens with one attached hydrogen (secondary N) is 2. The van der Waals surface area contributed by atoms with Crippen LogP contribution in [0.25, 0.3) is 0 Å². The smallest absolute Gasteiger partial charge is 0.411 e. The van der Waals surface area contributed by atoms with Crippen molar-refractivity contribution in [2.75, 3.05) is 24.9 Å². The number of imidazole rings is 1. The Balaban J connectivity index is 2.15. The summed E-state index contributed by atoms with van der Waals surface area (Å²) in [4.78, 5) is 23.4. The maximum atomic E-state index is 12.1. The fourth-order valence-corrected chi connectivity index (χ4v) is 2.05. The number of hydrogen-bond acceptors (Lipinski definition) is 5. The lowest BCUT2D eigenvalue weighted by Crippen LogP contribution is -2.25. The van der Waals surface area contributed by atoms with E-state index in [0.29, 0.717) is 0 Å². The number of carbonyl (C=O) groups excluding carboxylic acids is 2. The average molecular weight is 335 g/mol. The minimum Gasteiger partial charge on any atom is -0.506 e. The minimum atomic E-state index is -0.704. The van der Waals surface area contributed by atoms with Crippen molar-refractivity contribution in [3.05, 3.63) is 30.9 Å². The van der Waals surface area contributed by atoms with Crippen LogP contribution < -0.4 is 19.9 Å². The van der Waals surface area contributed by atoms with Crippen molar-refractivity contribution in [3.63, 3.8) is 0 Å². The third-order valence-electron chi connectivity index (χ3n) is 3.16. The lowest BCUT2D eigenvalue weighted by atomic mass is 10.2. The molecule has 2 aromatic rings. The van der Waals surface area contributed by atoms with Gasteiger partial charge in [0.05, 0.1) is 32.6 Å². The van der Waals surface area contributed by atoms with E-state index in [9.17, 15) is 14.7 Å². The first-order chi connectivity index (χ1) is 11.4. The van der Waals surface area contributed by atoms with Gasteiger partial charge in [-0.2, -0.15) is 0 Å². The van der Waals surface area contributed by atoms with Crippen LogP contribution in [0.3, 0.4) is 0 Å². The molecule has 0 aliphatic heterocycles. The number of aromatic nitrogens is 2. The Morgan fingerprint density at radius 3 is 2.58 bits per heavy atom. The third-order valence-corrected chi connectivity index (χ3v) is 3.16. The number of carbonyl (C=O) groups is 2. The van der Waals surface area contributed by atoms with Gasteiger partial charge in [0.15, 0.2) is 6.54 Å². The highest BCUT2D eigenvalue weighted by Gasteiger charge is 2.15. The average Bonchev–Trinajstić information content (AvgIpc) is 2.94. The monoisotopic (exact) mass is 335 g/mol. The second-order valence-corrected chi connectivity index (χ2v) is 4.99. The molecular formula is C15H19N4O5+. The molecule has 0 spiro atoms. The summed E-state index contributed by atoms with van der Waals surface area (Å²) in [5.74, 6) is -0.272. The Morgan fingerprint density at radius 1 is 1.25 bits per heavy atom. The minimum absolute atomic E-state index is 0.0881. The zero-order chi connectivity index (χ0) is 17.7. The van der Waals surface area contributed by atoms with Gasteiger partial charge in [0.2, 0.25) is 6.33 Å². The summed E-state index contributed by atoms with van der Waals surface area (Å²) in [6.45, 7) is 0.0881. The second-order valence-electron chi connectivity index (χ2n) is 4.99. The molecular weight excluding hydrogens is 316 g/mol. The van der Waals surface area contributed by atoms with Crippen molar-refractivity contribution in [2.24, 2.45) is 7.05 Å². The van der Waals surface area contributed by atoms with Crippen LogP contribution in [0, 0.1) is 0 Å². The Kier molecular flexibility index (Phi) is 5.25. The molecule has 1 aromatic carbocycles. The second kappa shape index (κ2) is 7.36. The van der Waals surface area contributed by atoms with Gasteiger partial charge in [-0.1, -0.05) is 0 Å². The summed E-state index contributed by atoms with van der Waals surface area (Å²) in [6, 6.07) is 2.68. The summed E-state index contributed by atoms with van der Waals surface area (Å²) in [5.41, 5.74) is 0.390. The molecule has 0 radical (unpaired) electrons. The number of phenols is 1. The highest BCUT2D eigenvalue weighted by molar-refractivity contribution is 5.94. The quantitative estimate of drug-likeness (QED) is 0.555. The van der Waals surface area contributed by atoms with E-state index >= 15 is 0 Å². The number of aromatic hydroxyl groups is 1. The number of nitrogens with zero attached hydrogens (tertiary/aromatic N) is 2. The number of methoxy groups -OCH3 is 2. The van der Waals surface area contributed by atoms with E-state index in [0.717, 1.165) is 0 Å². The number of ether oxygens (including phenoxy) is 2. The van der Waals surface area contributed by atoms with Gasteiger partial charge in [-0.25, -0.2) is 13.9 Å². The molecule has 0 saturated carbocycles. The first kappa shape index (κ1) is 17.1. The van der Waals surface area contributed by atoms with E-state index in [4.69, 9.17) is 4.74 Å². The number of phenolic OH excluding ortho intramolecular Hbond substituents is 1. The number of rotatable bonds is 5. The number of hydrogen-bond donors (Lipinski definition) is 3. The number of benzene rings is 1. The Labute approximate surface area is 138 Å². The number of aryl methyl sites for hydroxylation is 1. The fourth-order valence-electron chi connectivity index (χ4n) is 2.05. The lowest BCUT2D eigenvalue weighted by molar-refractivity contribution is -0.671. The van der Waals surface area contributed by atoms with Crippen LogP contribution in [0.4, 0.5) is 16.2 Å². The number of anilines is 2. The van der Waals surface area contributed by atoms with Gasteiger partial charge < -0.3 is 19.9 Å². The summed E-state index contributed by atoms with van der Waals surface area (Å²) in [5, 5.41) is 15.0. The highest BCUT2D eigenvalue weighted by Crippen LogP contribution is 2.35. The van der Waals surface area contributed by atoms with Gasteiger partial charge >= 0.3 is 6.09 Å². The van der Waals surface area contributed by atoms with Crippen molar-refractivity contribution in [1.82, 2.24) is 4.57 Å². The van der Waals surface area contributed by atoms with Crippen molar-refractivity contribution < 1.29 is 28.7 Å². The van der Waals surface area contributed by atoms with E-state index in [1.54, 1.807) is 27.9 Å². The van der Waals surface area contributed by atoms with Gasteiger partial charge in [0.25, 0.3) is 5.91 Å². The predicted molar refractivity (Wildman–Crippen MR) is 84.9 cm³/mol. The van der Waals surface area contributed by atoms with E-state index in [-0.39, 0.29) is 35.3 Å². The van der Waals surface area contributed by atoms with Crippen LogP contribution in [-0.4, -0.2) is 35.9 Å². The molecule has 0 unspecified atom stereocenters. The molecule has 9 heteroatoms. The van der Waals surface area contributed by atoms with Crippen LogP contribution in [0.5, 0.6) is 11.5 Å². The van der Waals surface area contributed by atoms with Gasteiger partial charge in [-0.3, -0.25) is 10.1 Å². The molecule has 2 amide bonds. The van der Waals surface area contributed by atoms with E-state index in [1.807, 2.05) is 7.05 Å².